The molecule has 1 heterocycles. The van der Waals surface area contributed by atoms with Gasteiger partial charge in [0.25, 0.3) is 0 Å². The molecule has 1 aromatic rings. The van der Waals surface area contributed by atoms with Gasteiger partial charge < -0.3 is 10.3 Å². The molecule has 0 saturated heterocycles. The quantitative estimate of drug-likeness (QED) is 0.670. The fourth-order valence-electron chi connectivity index (χ4n) is 1.50. The second-order valence-electron chi connectivity index (χ2n) is 3.54. The van der Waals surface area contributed by atoms with Crippen molar-refractivity contribution >= 4 is 0 Å². The third-order valence-corrected chi connectivity index (χ3v) is 2.26. The molecule has 0 atom stereocenters. The summed E-state index contributed by atoms with van der Waals surface area (Å²) in [7, 11) is 0. The SMILES string of the molecule is CCCn1cnnc1CCCCCN. The van der Waals surface area contributed by atoms with Crippen LogP contribution in [0.25, 0.3) is 0 Å². The maximum Gasteiger partial charge on any atom is 0.132 e. The van der Waals surface area contributed by atoms with Crippen molar-refractivity contribution in [2.24, 2.45) is 5.73 Å². The van der Waals surface area contributed by atoms with E-state index in [1.165, 1.54) is 12.8 Å². The first-order chi connectivity index (χ1) is 6.88. The molecule has 0 saturated carbocycles. The highest BCUT2D eigenvalue weighted by atomic mass is 15.3. The maximum absolute atomic E-state index is 5.43. The molecule has 0 spiro atoms. The topological polar surface area (TPSA) is 56.7 Å². The summed E-state index contributed by atoms with van der Waals surface area (Å²) in [5.74, 6) is 1.11. The van der Waals surface area contributed by atoms with Crippen LogP contribution >= 0.6 is 0 Å². The Balaban J connectivity index is 2.30. The Morgan fingerprint density at radius 2 is 2.21 bits per heavy atom. The molecule has 0 aromatic carbocycles. The molecule has 1 aromatic heterocycles. The summed E-state index contributed by atoms with van der Waals surface area (Å²) in [5, 5.41) is 8.04. The van der Waals surface area contributed by atoms with Crippen LogP contribution in [0.4, 0.5) is 0 Å². The van der Waals surface area contributed by atoms with Gasteiger partial charge in [0.1, 0.15) is 12.2 Å². The van der Waals surface area contributed by atoms with Gasteiger partial charge in [-0.15, -0.1) is 10.2 Å². The molecule has 0 aliphatic heterocycles. The van der Waals surface area contributed by atoms with E-state index in [1.807, 2.05) is 6.33 Å². The van der Waals surface area contributed by atoms with E-state index in [2.05, 4.69) is 21.7 Å². The smallest absolute Gasteiger partial charge is 0.132 e. The number of rotatable bonds is 7. The van der Waals surface area contributed by atoms with E-state index in [0.717, 1.165) is 38.2 Å². The Labute approximate surface area is 85.5 Å². The minimum absolute atomic E-state index is 0.793. The lowest BCUT2D eigenvalue weighted by molar-refractivity contribution is 0.604. The standard InChI is InChI=1S/C10H20N4/c1-2-8-14-9-12-13-10(14)6-4-3-5-7-11/h9H,2-8,11H2,1H3. The Bertz CT molecular complexity index is 244. The van der Waals surface area contributed by atoms with Gasteiger partial charge in [-0.2, -0.15) is 0 Å². The lowest BCUT2D eigenvalue weighted by atomic mass is 10.2. The van der Waals surface area contributed by atoms with Crippen molar-refractivity contribution < 1.29 is 0 Å². The Hall–Kier alpha value is -0.900. The molecule has 0 fully saturated rings. The summed E-state index contributed by atoms with van der Waals surface area (Å²) in [6, 6.07) is 0. The third kappa shape index (κ3) is 3.46. The Kier molecular flexibility index (Phi) is 5.22. The van der Waals surface area contributed by atoms with E-state index in [-0.39, 0.29) is 0 Å². The number of hydrogen-bond acceptors (Lipinski definition) is 3. The molecule has 0 radical (unpaired) electrons. The van der Waals surface area contributed by atoms with Crippen LogP contribution in [0, 0.1) is 0 Å². The molecule has 0 amide bonds. The molecular formula is C10H20N4. The summed E-state index contributed by atoms with van der Waals surface area (Å²) in [5.41, 5.74) is 5.43. The lowest BCUT2D eigenvalue weighted by Crippen LogP contribution is -2.03. The highest BCUT2D eigenvalue weighted by molar-refractivity contribution is 4.85. The predicted molar refractivity (Wildman–Crippen MR) is 56.9 cm³/mol. The molecule has 4 nitrogen and oxygen atoms in total. The Morgan fingerprint density at radius 1 is 1.36 bits per heavy atom. The van der Waals surface area contributed by atoms with Gasteiger partial charge in [-0.1, -0.05) is 13.3 Å². The highest BCUT2D eigenvalue weighted by Crippen LogP contribution is 2.04. The van der Waals surface area contributed by atoms with Gasteiger partial charge in [0.15, 0.2) is 0 Å². The first kappa shape index (κ1) is 11.2. The minimum Gasteiger partial charge on any atom is -0.330 e. The highest BCUT2D eigenvalue weighted by Gasteiger charge is 2.02. The van der Waals surface area contributed by atoms with Crippen LogP contribution in [-0.2, 0) is 13.0 Å². The lowest BCUT2D eigenvalue weighted by Gasteiger charge is -2.03. The largest absolute Gasteiger partial charge is 0.330 e. The normalized spacial score (nSPS) is 10.7. The van der Waals surface area contributed by atoms with Crippen LogP contribution in [0.5, 0.6) is 0 Å². The molecular weight excluding hydrogens is 176 g/mol. The van der Waals surface area contributed by atoms with Crippen LogP contribution in [0.3, 0.4) is 0 Å². The summed E-state index contributed by atoms with van der Waals surface area (Å²) in [4.78, 5) is 0. The number of nitrogens with two attached hydrogens (primary N) is 1. The van der Waals surface area contributed by atoms with Crippen molar-refractivity contribution in [3.8, 4) is 0 Å². The van der Waals surface area contributed by atoms with Crippen LogP contribution < -0.4 is 5.73 Å². The molecule has 1 rings (SSSR count). The van der Waals surface area contributed by atoms with E-state index in [4.69, 9.17) is 5.73 Å². The van der Waals surface area contributed by atoms with E-state index < -0.39 is 0 Å². The zero-order chi connectivity index (χ0) is 10.2. The van der Waals surface area contributed by atoms with Crippen molar-refractivity contribution in [2.75, 3.05) is 6.54 Å². The third-order valence-electron chi connectivity index (χ3n) is 2.26. The minimum atomic E-state index is 0.793. The van der Waals surface area contributed by atoms with E-state index in [9.17, 15) is 0 Å². The van der Waals surface area contributed by atoms with E-state index >= 15 is 0 Å². The molecule has 80 valence electrons. The summed E-state index contributed by atoms with van der Waals surface area (Å²) in [6.07, 6.45) is 7.45. The molecule has 0 aliphatic rings. The van der Waals surface area contributed by atoms with E-state index in [0.29, 0.717) is 0 Å². The maximum atomic E-state index is 5.43. The Morgan fingerprint density at radius 3 is 2.93 bits per heavy atom. The molecule has 0 aliphatic carbocycles. The zero-order valence-electron chi connectivity index (χ0n) is 8.95. The second-order valence-corrected chi connectivity index (χ2v) is 3.54. The fourth-order valence-corrected chi connectivity index (χ4v) is 1.50. The van der Waals surface area contributed by atoms with Crippen LogP contribution in [0.15, 0.2) is 6.33 Å². The average molecular weight is 196 g/mol. The van der Waals surface area contributed by atoms with E-state index in [1.54, 1.807) is 0 Å². The number of nitrogens with zero attached hydrogens (tertiary/aromatic N) is 3. The van der Waals surface area contributed by atoms with Gasteiger partial charge in [-0.05, 0) is 25.8 Å². The van der Waals surface area contributed by atoms with Gasteiger partial charge >= 0.3 is 0 Å². The first-order valence-corrected chi connectivity index (χ1v) is 5.45. The van der Waals surface area contributed by atoms with Crippen molar-refractivity contribution in [1.29, 1.82) is 0 Å². The zero-order valence-corrected chi connectivity index (χ0v) is 8.95. The second kappa shape index (κ2) is 6.54. The fraction of sp³-hybridized carbons (Fsp3) is 0.800. The van der Waals surface area contributed by atoms with Crippen LogP contribution in [0.1, 0.15) is 38.4 Å². The number of aromatic nitrogens is 3. The number of aryl methyl sites for hydroxylation is 2. The van der Waals surface area contributed by atoms with Gasteiger partial charge in [0.2, 0.25) is 0 Å². The molecule has 14 heavy (non-hydrogen) atoms. The first-order valence-electron chi connectivity index (χ1n) is 5.45. The van der Waals surface area contributed by atoms with Gasteiger partial charge in [0, 0.05) is 13.0 Å². The predicted octanol–water partition coefficient (Wildman–Crippen LogP) is 1.36. The summed E-state index contributed by atoms with van der Waals surface area (Å²) < 4.78 is 2.14. The summed E-state index contributed by atoms with van der Waals surface area (Å²) in [6.45, 7) is 3.99. The van der Waals surface area contributed by atoms with Gasteiger partial charge in [0.05, 0.1) is 0 Å². The van der Waals surface area contributed by atoms with Gasteiger partial charge in [-0.3, -0.25) is 0 Å². The van der Waals surface area contributed by atoms with Gasteiger partial charge in [-0.25, -0.2) is 0 Å². The molecule has 0 unspecified atom stereocenters. The molecule has 0 bridgehead atoms. The van der Waals surface area contributed by atoms with Crippen molar-refractivity contribution in [3.05, 3.63) is 12.2 Å². The summed E-state index contributed by atoms with van der Waals surface area (Å²) >= 11 is 0. The molecule has 2 N–H and O–H groups in total. The average Bonchev–Trinajstić information content (AvgIpc) is 2.61. The van der Waals surface area contributed by atoms with Crippen LogP contribution in [0.2, 0.25) is 0 Å². The van der Waals surface area contributed by atoms with Crippen molar-refractivity contribution in [2.45, 2.75) is 45.6 Å². The van der Waals surface area contributed by atoms with Crippen LogP contribution in [-0.4, -0.2) is 21.3 Å². The monoisotopic (exact) mass is 196 g/mol. The molecule has 4 heteroatoms. The van der Waals surface area contributed by atoms with Crippen molar-refractivity contribution in [1.82, 2.24) is 14.8 Å². The number of hydrogen-bond donors (Lipinski definition) is 1. The van der Waals surface area contributed by atoms with Crippen molar-refractivity contribution in [3.63, 3.8) is 0 Å². The number of unbranched alkanes of at least 4 members (excludes halogenated alkanes) is 2.